The summed E-state index contributed by atoms with van der Waals surface area (Å²) >= 11 is 0. The molecule has 0 spiro atoms. The van der Waals surface area contributed by atoms with Gasteiger partial charge in [-0.3, -0.25) is 0 Å². The van der Waals surface area contributed by atoms with Gasteiger partial charge in [0.2, 0.25) is 0 Å². The smallest absolute Gasteiger partial charge is 0.0953 e. The lowest BCUT2D eigenvalue weighted by Crippen LogP contribution is -2.27. The fraction of sp³-hybridized carbons (Fsp3) is 0.750. The second kappa shape index (κ2) is 7.05. The van der Waals surface area contributed by atoms with Crippen molar-refractivity contribution in [1.29, 1.82) is 10.5 Å². The second-order valence-corrected chi connectivity index (χ2v) is 2.33. The van der Waals surface area contributed by atoms with E-state index in [2.05, 4.69) is 11.4 Å². The molecule has 0 aliphatic heterocycles. The highest BCUT2D eigenvalue weighted by Gasteiger charge is 2.02. The average molecular weight is 151 g/mol. The first kappa shape index (κ1) is 9.94. The van der Waals surface area contributed by atoms with Gasteiger partial charge >= 0.3 is 0 Å². The summed E-state index contributed by atoms with van der Waals surface area (Å²) in [5, 5.41) is 19.8. The van der Waals surface area contributed by atoms with Crippen molar-refractivity contribution in [2.24, 2.45) is 0 Å². The highest BCUT2D eigenvalue weighted by molar-refractivity contribution is 4.89. The zero-order chi connectivity index (χ0) is 8.53. The largest absolute Gasteiger partial charge is 0.301 e. The van der Waals surface area contributed by atoms with E-state index in [0.29, 0.717) is 13.0 Å². The minimum absolute atomic E-state index is 0.0756. The molecule has 1 atom stereocenters. The monoisotopic (exact) mass is 151 g/mol. The molecule has 3 heteroatoms. The lowest BCUT2D eigenvalue weighted by molar-refractivity contribution is 0.565. The Morgan fingerprint density at radius 1 is 1.45 bits per heavy atom. The Bertz CT molecular complexity index is 163. The molecule has 0 radical (unpaired) electrons. The summed E-state index contributed by atoms with van der Waals surface area (Å²) in [7, 11) is 0. The molecule has 1 unspecified atom stereocenters. The van der Waals surface area contributed by atoms with Crippen LogP contribution in [-0.2, 0) is 0 Å². The molecule has 11 heavy (non-hydrogen) atoms. The van der Waals surface area contributed by atoms with E-state index in [1.54, 1.807) is 0 Å². The van der Waals surface area contributed by atoms with Crippen LogP contribution in [0.5, 0.6) is 0 Å². The van der Waals surface area contributed by atoms with Crippen LogP contribution in [0.1, 0.15) is 26.2 Å². The van der Waals surface area contributed by atoms with Crippen molar-refractivity contribution in [2.75, 3.05) is 6.54 Å². The third kappa shape index (κ3) is 5.39. The van der Waals surface area contributed by atoms with E-state index in [9.17, 15) is 0 Å². The molecule has 60 valence electrons. The van der Waals surface area contributed by atoms with Crippen molar-refractivity contribution in [3.8, 4) is 12.1 Å². The Kier molecular flexibility index (Phi) is 6.37. The third-order valence-electron chi connectivity index (χ3n) is 1.36. The van der Waals surface area contributed by atoms with E-state index in [1.165, 1.54) is 0 Å². The van der Waals surface area contributed by atoms with E-state index in [0.717, 1.165) is 12.8 Å². The van der Waals surface area contributed by atoms with Crippen LogP contribution in [0.4, 0.5) is 0 Å². The quantitative estimate of drug-likeness (QED) is 0.600. The predicted octanol–water partition coefficient (Wildman–Crippen LogP) is 1.18. The first-order valence-electron chi connectivity index (χ1n) is 3.85. The number of hydrogen-bond donors (Lipinski definition) is 1. The topological polar surface area (TPSA) is 59.6 Å². The summed E-state index contributed by atoms with van der Waals surface area (Å²) in [6, 6.07) is 4.08. The van der Waals surface area contributed by atoms with Gasteiger partial charge in [0.15, 0.2) is 0 Å². The number of rotatable bonds is 5. The minimum atomic E-state index is -0.0756. The maximum Gasteiger partial charge on any atom is 0.0953 e. The van der Waals surface area contributed by atoms with E-state index < -0.39 is 0 Å². The summed E-state index contributed by atoms with van der Waals surface area (Å²) in [6.07, 6.45) is 2.33. The number of nitrogens with zero attached hydrogens (tertiary/aromatic N) is 2. The molecule has 0 saturated heterocycles. The van der Waals surface area contributed by atoms with Crippen LogP contribution in [0, 0.1) is 22.7 Å². The van der Waals surface area contributed by atoms with Crippen LogP contribution in [0.3, 0.4) is 0 Å². The lowest BCUT2D eigenvalue weighted by atomic mass is 10.2. The Morgan fingerprint density at radius 3 is 2.64 bits per heavy atom. The molecular weight excluding hydrogens is 138 g/mol. The lowest BCUT2D eigenvalue weighted by Gasteiger charge is -2.07. The van der Waals surface area contributed by atoms with Gasteiger partial charge in [0, 0.05) is 13.0 Å². The fourth-order valence-electron chi connectivity index (χ4n) is 0.803. The highest BCUT2D eigenvalue weighted by Crippen LogP contribution is 1.93. The van der Waals surface area contributed by atoms with Crippen molar-refractivity contribution < 1.29 is 0 Å². The highest BCUT2D eigenvalue weighted by atomic mass is 14.9. The van der Waals surface area contributed by atoms with Gasteiger partial charge in [0.05, 0.1) is 18.2 Å². The Hall–Kier alpha value is -1.06. The summed E-state index contributed by atoms with van der Waals surface area (Å²) in [4.78, 5) is 0. The third-order valence-corrected chi connectivity index (χ3v) is 1.36. The SMILES string of the molecule is CCCC(C#N)NCCC#N. The molecule has 0 bridgehead atoms. The molecule has 0 aromatic heterocycles. The second-order valence-electron chi connectivity index (χ2n) is 2.33. The zero-order valence-electron chi connectivity index (χ0n) is 6.80. The van der Waals surface area contributed by atoms with Crippen LogP contribution >= 0.6 is 0 Å². The van der Waals surface area contributed by atoms with Gasteiger partial charge in [0.1, 0.15) is 0 Å². The van der Waals surface area contributed by atoms with Gasteiger partial charge in [-0.15, -0.1) is 0 Å². The normalized spacial score (nSPS) is 11.5. The van der Waals surface area contributed by atoms with Crippen molar-refractivity contribution in [2.45, 2.75) is 32.2 Å². The van der Waals surface area contributed by atoms with Gasteiger partial charge in [0.25, 0.3) is 0 Å². The van der Waals surface area contributed by atoms with Crippen LogP contribution < -0.4 is 5.32 Å². The molecule has 0 aromatic rings. The van der Waals surface area contributed by atoms with Gasteiger partial charge < -0.3 is 5.32 Å². The van der Waals surface area contributed by atoms with Crippen molar-refractivity contribution in [3.63, 3.8) is 0 Å². The molecule has 3 nitrogen and oxygen atoms in total. The van der Waals surface area contributed by atoms with E-state index in [1.807, 2.05) is 13.0 Å². The van der Waals surface area contributed by atoms with Crippen LogP contribution in [0.25, 0.3) is 0 Å². The first-order valence-corrected chi connectivity index (χ1v) is 3.85. The van der Waals surface area contributed by atoms with Crippen molar-refractivity contribution in [1.82, 2.24) is 5.32 Å². The fourth-order valence-corrected chi connectivity index (χ4v) is 0.803. The van der Waals surface area contributed by atoms with Crippen LogP contribution in [0.15, 0.2) is 0 Å². The van der Waals surface area contributed by atoms with Gasteiger partial charge in [-0.25, -0.2) is 0 Å². The standard InChI is InChI=1S/C8H13N3/c1-2-4-8(7-10)11-6-3-5-9/h8,11H,2-4,6H2,1H3. The number of nitriles is 2. The summed E-state index contributed by atoms with van der Waals surface area (Å²) in [5.41, 5.74) is 0. The number of hydrogen-bond acceptors (Lipinski definition) is 3. The molecule has 0 aromatic carbocycles. The van der Waals surface area contributed by atoms with Crippen molar-refractivity contribution >= 4 is 0 Å². The van der Waals surface area contributed by atoms with Crippen LogP contribution in [-0.4, -0.2) is 12.6 Å². The molecule has 0 rings (SSSR count). The van der Waals surface area contributed by atoms with Gasteiger partial charge in [-0.1, -0.05) is 13.3 Å². The molecule has 0 aliphatic carbocycles. The molecule has 0 fully saturated rings. The average Bonchev–Trinajstić information content (AvgIpc) is 2.03. The molecule has 0 amide bonds. The maximum absolute atomic E-state index is 8.56. The van der Waals surface area contributed by atoms with Gasteiger partial charge in [-0.05, 0) is 6.42 Å². The van der Waals surface area contributed by atoms with Gasteiger partial charge in [-0.2, -0.15) is 10.5 Å². The summed E-state index contributed by atoms with van der Waals surface area (Å²) in [6.45, 7) is 2.66. The minimum Gasteiger partial charge on any atom is -0.301 e. The molecule has 0 aliphatic rings. The Labute approximate surface area is 67.6 Å². The predicted molar refractivity (Wildman–Crippen MR) is 42.5 cm³/mol. The summed E-state index contributed by atoms with van der Waals surface area (Å²) < 4.78 is 0. The molecule has 1 N–H and O–H groups in total. The van der Waals surface area contributed by atoms with E-state index in [-0.39, 0.29) is 6.04 Å². The Balaban J connectivity index is 3.39. The van der Waals surface area contributed by atoms with Crippen LogP contribution in [0.2, 0.25) is 0 Å². The van der Waals surface area contributed by atoms with Crippen molar-refractivity contribution in [3.05, 3.63) is 0 Å². The summed E-state index contributed by atoms with van der Waals surface area (Å²) in [5.74, 6) is 0. The van der Waals surface area contributed by atoms with E-state index >= 15 is 0 Å². The first-order chi connectivity index (χ1) is 5.35. The maximum atomic E-state index is 8.56. The van der Waals surface area contributed by atoms with E-state index in [4.69, 9.17) is 10.5 Å². The molecule has 0 heterocycles. The zero-order valence-corrected chi connectivity index (χ0v) is 6.80. The molecular formula is C8H13N3. The molecule has 0 saturated carbocycles. The Morgan fingerprint density at radius 2 is 2.18 bits per heavy atom. The number of nitrogens with one attached hydrogen (secondary N) is 1.